The SMILES string of the molecule is Cc1nc(CCNC(=O)Nc2ccnn2C[C@H]2CC=CCC2)cc(=O)[nH]1. The topological polar surface area (TPSA) is 105 Å². The van der Waals surface area contributed by atoms with Gasteiger partial charge in [0.05, 0.1) is 6.20 Å². The second-order valence-electron chi connectivity index (χ2n) is 6.50. The zero-order valence-electron chi connectivity index (χ0n) is 14.9. The Morgan fingerprint density at radius 3 is 3.08 bits per heavy atom. The van der Waals surface area contributed by atoms with Crippen LogP contribution in [0, 0.1) is 12.8 Å². The van der Waals surface area contributed by atoms with Crippen molar-refractivity contribution >= 4 is 11.8 Å². The molecule has 3 N–H and O–H groups in total. The van der Waals surface area contributed by atoms with Gasteiger partial charge in [0.2, 0.25) is 0 Å². The quantitative estimate of drug-likeness (QED) is 0.689. The fraction of sp³-hybridized carbons (Fsp3) is 0.444. The summed E-state index contributed by atoms with van der Waals surface area (Å²) in [5.74, 6) is 1.80. The highest BCUT2D eigenvalue weighted by molar-refractivity contribution is 5.88. The zero-order valence-corrected chi connectivity index (χ0v) is 14.9. The molecule has 0 radical (unpaired) electrons. The first-order valence-corrected chi connectivity index (χ1v) is 8.88. The minimum Gasteiger partial charge on any atom is -0.337 e. The number of carbonyl (C=O) groups excluding carboxylic acids is 1. The molecular weight excluding hydrogens is 332 g/mol. The van der Waals surface area contributed by atoms with E-state index in [1.807, 2.05) is 4.68 Å². The van der Waals surface area contributed by atoms with Crippen LogP contribution in [0.15, 0.2) is 35.3 Å². The van der Waals surface area contributed by atoms with Crippen molar-refractivity contribution in [2.75, 3.05) is 11.9 Å². The number of aromatic nitrogens is 4. The van der Waals surface area contributed by atoms with E-state index < -0.39 is 0 Å². The van der Waals surface area contributed by atoms with E-state index in [9.17, 15) is 9.59 Å². The molecule has 0 saturated heterocycles. The lowest BCUT2D eigenvalue weighted by molar-refractivity contribution is 0.252. The third-order valence-corrected chi connectivity index (χ3v) is 4.35. The number of nitrogens with zero attached hydrogens (tertiary/aromatic N) is 3. The summed E-state index contributed by atoms with van der Waals surface area (Å²) in [5, 5.41) is 9.93. The van der Waals surface area contributed by atoms with Crippen LogP contribution in [0.3, 0.4) is 0 Å². The molecule has 0 saturated carbocycles. The smallest absolute Gasteiger partial charge is 0.320 e. The Kier molecular flexibility index (Phi) is 5.83. The van der Waals surface area contributed by atoms with Gasteiger partial charge in [-0.1, -0.05) is 12.2 Å². The van der Waals surface area contributed by atoms with Gasteiger partial charge in [0.1, 0.15) is 11.6 Å². The Balaban J connectivity index is 1.48. The van der Waals surface area contributed by atoms with Gasteiger partial charge in [0.15, 0.2) is 0 Å². The van der Waals surface area contributed by atoms with E-state index in [0.29, 0.717) is 36.2 Å². The second-order valence-corrected chi connectivity index (χ2v) is 6.50. The van der Waals surface area contributed by atoms with Crippen LogP contribution in [-0.2, 0) is 13.0 Å². The molecule has 0 aromatic carbocycles. The highest BCUT2D eigenvalue weighted by Crippen LogP contribution is 2.21. The second kappa shape index (κ2) is 8.46. The van der Waals surface area contributed by atoms with Crippen molar-refractivity contribution in [1.82, 2.24) is 25.1 Å². The van der Waals surface area contributed by atoms with Crippen LogP contribution in [0.4, 0.5) is 10.6 Å². The van der Waals surface area contributed by atoms with Gasteiger partial charge >= 0.3 is 6.03 Å². The van der Waals surface area contributed by atoms with Crippen molar-refractivity contribution in [2.45, 2.75) is 39.2 Å². The number of hydrogen-bond donors (Lipinski definition) is 3. The molecular formula is C18H24N6O2. The maximum atomic E-state index is 12.1. The molecule has 2 aromatic rings. The zero-order chi connectivity index (χ0) is 18.4. The molecule has 2 heterocycles. The van der Waals surface area contributed by atoms with E-state index in [0.717, 1.165) is 25.8 Å². The minimum atomic E-state index is -0.295. The number of amides is 2. The van der Waals surface area contributed by atoms with E-state index in [1.54, 1.807) is 19.2 Å². The predicted molar refractivity (Wildman–Crippen MR) is 99.0 cm³/mol. The van der Waals surface area contributed by atoms with Crippen LogP contribution >= 0.6 is 0 Å². The van der Waals surface area contributed by atoms with Gasteiger partial charge < -0.3 is 10.3 Å². The summed E-state index contributed by atoms with van der Waals surface area (Å²) in [5.41, 5.74) is 0.473. The highest BCUT2D eigenvalue weighted by Gasteiger charge is 2.14. The summed E-state index contributed by atoms with van der Waals surface area (Å²) in [6.07, 6.45) is 9.90. The number of allylic oxidation sites excluding steroid dienone is 2. The summed E-state index contributed by atoms with van der Waals surface area (Å²) in [7, 11) is 0. The number of H-pyrrole nitrogens is 1. The Hall–Kier alpha value is -2.90. The Labute approximate surface area is 151 Å². The average Bonchev–Trinajstić information content (AvgIpc) is 3.01. The van der Waals surface area contributed by atoms with Crippen LogP contribution in [0.5, 0.6) is 0 Å². The van der Waals surface area contributed by atoms with Gasteiger partial charge in [-0.2, -0.15) is 5.10 Å². The Bertz CT molecular complexity index is 838. The standard InChI is InChI=1S/C18H24N6O2/c1-13-21-15(11-17(25)22-13)7-9-19-18(26)23-16-8-10-20-24(16)12-14-5-3-2-4-6-14/h2-3,8,10-11,14H,4-7,9,12H2,1H3,(H2,19,23,26)(H,21,22,25)/t14-/m0/s1. The van der Waals surface area contributed by atoms with Crippen molar-refractivity contribution < 1.29 is 4.79 Å². The van der Waals surface area contributed by atoms with Crippen LogP contribution in [0.2, 0.25) is 0 Å². The van der Waals surface area contributed by atoms with E-state index in [4.69, 9.17) is 0 Å². The molecule has 0 fully saturated rings. The molecule has 1 atom stereocenters. The molecule has 26 heavy (non-hydrogen) atoms. The number of anilines is 1. The van der Waals surface area contributed by atoms with Gasteiger partial charge in [-0.05, 0) is 32.1 Å². The fourth-order valence-electron chi connectivity index (χ4n) is 3.09. The first kappa shape index (κ1) is 17.9. The number of nitrogens with one attached hydrogen (secondary N) is 3. The molecule has 8 heteroatoms. The summed E-state index contributed by atoms with van der Waals surface area (Å²) < 4.78 is 1.84. The van der Waals surface area contributed by atoms with Crippen LogP contribution in [-0.4, -0.2) is 32.3 Å². The minimum absolute atomic E-state index is 0.182. The van der Waals surface area contributed by atoms with Crippen molar-refractivity contribution in [3.05, 3.63) is 52.4 Å². The predicted octanol–water partition coefficient (Wildman–Crippen LogP) is 2.00. The van der Waals surface area contributed by atoms with Crippen molar-refractivity contribution in [3.8, 4) is 0 Å². The summed E-state index contributed by atoms with van der Waals surface area (Å²) in [6, 6.07) is 2.94. The molecule has 0 unspecified atom stereocenters. The molecule has 0 bridgehead atoms. The number of rotatable bonds is 6. The third-order valence-electron chi connectivity index (χ3n) is 4.35. The monoisotopic (exact) mass is 356 g/mol. The molecule has 0 aliphatic heterocycles. The normalized spacial score (nSPS) is 16.4. The maximum absolute atomic E-state index is 12.1. The van der Waals surface area contributed by atoms with E-state index in [2.05, 4.69) is 37.9 Å². The Morgan fingerprint density at radius 1 is 1.42 bits per heavy atom. The van der Waals surface area contributed by atoms with Crippen molar-refractivity contribution in [2.24, 2.45) is 5.92 Å². The van der Waals surface area contributed by atoms with Crippen LogP contribution in [0.1, 0.15) is 30.8 Å². The number of hydrogen-bond acceptors (Lipinski definition) is 4. The lowest BCUT2D eigenvalue weighted by Gasteiger charge is -2.19. The number of urea groups is 1. The van der Waals surface area contributed by atoms with E-state index >= 15 is 0 Å². The first-order chi connectivity index (χ1) is 12.6. The van der Waals surface area contributed by atoms with Gasteiger partial charge in [-0.25, -0.2) is 14.5 Å². The van der Waals surface area contributed by atoms with Gasteiger partial charge in [-0.3, -0.25) is 10.1 Å². The van der Waals surface area contributed by atoms with Gasteiger partial charge in [0.25, 0.3) is 5.56 Å². The molecule has 1 aliphatic rings. The molecule has 138 valence electrons. The summed E-state index contributed by atoms with van der Waals surface area (Å²) >= 11 is 0. The van der Waals surface area contributed by atoms with Crippen molar-refractivity contribution in [1.29, 1.82) is 0 Å². The largest absolute Gasteiger partial charge is 0.337 e. The van der Waals surface area contributed by atoms with E-state index in [-0.39, 0.29) is 11.6 Å². The first-order valence-electron chi connectivity index (χ1n) is 8.88. The third kappa shape index (κ3) is 5.05. The summed E-state index contributed by atoms with van der Waals surface area (Å²) in [6.45, 7) is 2.92. The van der Waals surface area contributed by atoms with Crippen molar-refractivity contribution in [3.63, 3.8) is 0 Å². The lowest BCUT2D eigenvalue weighted by Crippen LogP contribution is -2.32. The molecule has 2 aromatic heterocycles. The number of carbonyl (C=O) groups is 1. The lowest BCUT2D eigenvalue weighted by atomic mass is 9.94. The van der Waals surface area contributed by atoms with E-state index in [1.165, 1.54) is 6.07 Å². The molecule has 2 amide bonds. The van der Waals surface area contributed by atoms with Crippen LogP contribution < -0.4 is 16.2 Å². The van der Waals surface area contributed by atoms with Crippen LogP contribution in [0.25, 0.3) is 0 Å². The Morgan fingerprint density at radius 2 is 2.31 bits per heavy atom. The number of aryl methyl sites for hydroxylation is 1. The molecule has 1 aliphatic carbocycles. The maximum Gasteiger partial charge on any atom is 0.320 e. The molecule has 3 rings (SSSR count). The molecule has 0 spiro atoms. The average molecular weight is 356 g/mol. The molecule has 8 nitrogen and oxygen atoms in total. The van der Waals surface area contributed by atoms with Gasteiger partial charge in [0, 0.05) is 37.3 Å². The van der Waals surface area contributed by atoms with Gasteiger partial charge in [-0.15, -0.1) is 0 Å². The summed E-state index contributed by atoms with van der Waals surface area (Å²) in [4.78, 5) is 30.4. The highest BCUT2D eigenvalue weighted by atomic mass is 16.2. The fourth-order valence-corrected chi connectivity index (χ4v) is 3.09. The number of aromatic amines is 1.